The molecule has 0 bridgehead atoms. The molecule has 2 aliphatic carbocycles. The molecule has 2 rings (SSSR count). The number of nitrogens with one attached hydrogen (secondary N) is 2. The van der Waals surface area contributed by atoms with Crippen molar-refractivity contribution in [3.8, 4) is 0 Å². The molecular formula is C19H35N3O2. The van der Waals surface area contributed by atoms with Gasteiger partial charge in [0.15, 0.2) is 0 Å². The van der Waals surface area contributed by atoms with Crippen LogP contribution < -0.4 is 16.4 Å². The van der Waals surface area contributed by atoms with E-state index >= 15 is 0 Å². The molecule has 0 unspecified atom stereocenters. The summed E-state index contributed by atoms with van der Waals surface area (Å²) in [5.74, 6) is 0.0127. The molecule has 5 nitrogen and oxygen atoms in total. The molecule has 0 atom stereocenters. The fourth-order valence-electron chi connectivity index (χ4n) is 4.38. The summed E-state index contributed by atoms with van der Waals surface area (Å²) in [7, 11) is 0. The number of amides is 2. The van der Waals surface area contributed by atoms with Crippen LogP contribution in [0.15, 0.2) is 0 Å². The van der Waals surface area contributed by atoms with Crippen LogP contribution in [0.4, 0.5) is 0 Å². The number of rotatable bonds is 7. The molecule has 2 fully saturated rings. The van der Waals surface area contributed by atoms with Gasteiger partial charge in [0.25, 0.3) is 0 Å². The minimum Gasteiger partial charge on any atom is -0.354 e. The van der Waals surface area contributed by atoms with Gasteiger partial charge in [-0.25, -0.2) is 0 Å². The third kappa shape index (κ3) is 4.71. The second-order valence-corrected chi connectivity index (χ2v) is 7.89. The molecule has 2 amide bonds. The third-order valence-electron chi connectivity index (χ3n) is 5.94. The Morgan fingerprint density at radius 1 is 0.958 bits per heavy atom. The first-order chi connectivity index (χ1) is 11.6. The minimum absolute atomic E-state index is 0.00263. The van der Waals surface area contributed by atoms with Gasteiger partial charge >= 0.3 is 0 Å². The topological polar surface area (TPSA) is 84.2 Å². The van der Waals surface area contributed by atoms with E-state index in [1.54, 1.807) is 0 Å². The first-order valence-corrected chi connectivity index (χ1v) is 9.85. The van der Waals surface area contributed by atoms with E-state index in [9.17, 15) is 9.59 Å². The average molecular weight is 338 g/mol. The Morgan fingerprint density at radius 3 is 2.08 bits per heavy atom. The Balaban J connectivity index is 2.02. The molecule has 0 aliphatic heterocycles. The molecule has 2 aliphatic rings. The van der Waals surface area contributed by atoms with E-state index in [4.69, 9.17) is 5.73 Å². The first kappa shape index (κ1) is 19.2. The number of hydrogen-bond acceptors (Lipinski definition) is 3. The smallest absolute Gasteiger partial charge is 0.245 e. The third-order valence-corrected chi connectivity index (χ3v) is 5.94. The van der Waals surface area contributed by atoms with E-state index in [1.165, 1.54) is 6.42 Å². The molecule has 0 spiro atoms. The monoisotopic (exact) mass is 337 g/mol. The zero-order valence-electron chi connectivity index (χ0n) is 15.3. The second-order valence-electron chi connectivity index (χ2n) is 7.89. The molecule has 0 aromatic carbocycles. The lowest BCUT2D eigenvalue weighted by atomic mass is 9.71. The van der Waals surface area contributed by atoms with E-state index in [-0.39, 0.29) is 17.2 Å². The van der Waals surface area contributed by atoms with E-state index in [0.717, 1.165) is 64.2 Å². The van der Waals surface area contributed by atoms with Crippen LogP contribution in [0.5, 0.6) is 0 Å². The van der Waals surface area contributed by atoms with Gasteiger partial charge in [0.1, 0.15) is 5.54 Å². The zero-order chi connectivity index (χ0) is 17.5. The summed E-state index contributed by atoms with van der Waals surface area (Å²) in [5.41, 5.74) is 5.26. The Bertz CT molecular complexity index is 424. The van der Waals surface area contributed by atoms with Crippen LogP contribution in [0.25, 0.3) is 0 Å². The quantitative estimate of drug-likeness (QED) is 0.668. The highest BCUT2D eigenvalue weighted by molar-refractivity contribution is 5.91. The van der Waals surface area contributed by atoms with E-state index in [0.29, 0.717) is 19.5 Å². The highest BCUT2D eigenvalue weighted by Gasteiger charge is 2.42. The lowest BCUT2D eigenvalue weighted by molar-refractivity contribution is -0.136. The minimum atomic E-state index is -0.699. The standard InChI is InChI=1S/C19H35N3O2/c1-2-13-21-17(24)19(11-7-4-8-12-19)22-16(23)14-18(15-20)9-5-3-6-10-18/h2-15,20H2,1H3,(H,21,24)(H,22,23). The summed E-state index contributed by atoms with van der Waals surface area (Å²) in [6, 6.07) is 0. The van der Waals surface area contributed by atoms with Gasteiger partial charge in [-0.05, 0) is 44.1 Å². The van der Waals surface area contributed by atoms with E-state index in [1.807, 2.05) is 6.92 Å². The Kier molecular flexibility index (Phi) is 7.08. The maximum absolute atomic E-state index is 12.8. The molecule has 4 N–H and O–H groups in total. The van der Waals surface area contributed by atoms with Crippen molar-refractivity contribution in [1.82, 2.24) is 10.6 Å². The van der Waals surface area contributed by atoms with Crippen molar-refractivity contribution in [2.24, 2.45) is 11.1 Å². The summed E-state index contributed by atoms with van der Waals surface area (Å²) in [6.07, 6.45) is 11.7. The van der Waals surface area contributed by atoms with Crippen molar-refractivity contribution < 1.29 is 9.59 Å². The highest BCUT2D eigenvalue weighted by Crippen LogP contribution is 2.39. The van der Waals surface area contributed by atoms with Crippen molar-refractivity contribution in [3.63, 3.8) is 0 Å². The molecule has 0 radical (unpaired) electrons. The van der Waals surface area contributed by atoms with Crippen molar-refractivity contribution in [2.75, 3.05) is 13.1 Å². The van der Waals surface area contributed by atoms with Crippen LogP contribution in [0.3, 0.4) is 0 Å². The van der Waals surface area contributed by atoms with Gasteiger partial charge in [0.2, 0.25) is 11.8 Å². The van der Waals surface area contributed by atoms with E-state index in [2.05, 4.69) is 10.6 Å². The first-order valence-electron chi connectivity index (χ1n) is 9.85. The normalized spacial score (nSPS) is 22.6. The van der Waals surface area contributed by atoms with Gasteiger partial charge in [-0.2, -0.15) is 0 Å². The Hall–Kier alpha value is -1.10. The maximum atomic E-state index is 12.8. The molecular weight excluding hydrogens is 302 g/mol. The Labute approximate surface area is 146 Å². The molecule has 24 heavy (non-hydrogen) atoms. The molecule has 0 saturated heterocycles. The summed E-state index contributed by atoms with van der Waals surface area (Å²) in [4.78, 5) is 25.5. The van der Waals surface area contributed by atoms with Crippen LogP contribution in [-0.4, -0.2) is 30.4 Å². The molecule has 0 aromatic heterocycles. The number of carbonyl (C=O) groups is 2. The van der Waals surface area contributed by atoms with Gasteiger partial charge in [0, 0.05) is 13.0 Å². The average Bonchev–Trinajstić information content (AvgIpc) is 2.61. The number of nitrogens with two attached hydrogens (primary N) is 1. The van der Waals surface area contributed by atoms with Crippen molar-refractivity contribution in [1.29, 1.82) is 0 Å². The summed E-state index contributed by atoms with van der Waals surface area (Å²) < 4.78 is 0. The highest BCUT2D eigenvalue weighted by atomic mass is 16.2. The molecule has 0 heterocycles. The Morgan fingerprint density at radius 2 is 1.54 bits per heavy atom. The van der Waals surface area contributed by atoms with E-state index < -0.39 is 5.54 Å². The van der Waals surface area contributed by atoms with Crippen molar-refractivity contribution in [3.05, 3.63) is 0 Å². The number of carbonyl (C=O) groups excluding carboxylic acids is 2. The van der Waals surface area contributed by atoms with Crippen LogP contribution in [-0.2, 0) is 9.59 Å². The van der Waals surface area contributed by atoms with Crippen LogP contribution in [0.1, 0.15) is 84.0 Å². The molecule has 5 heteroatoms. The fourth-order valence-corrected chi connectivity index (χ4v) is 4.38. The predicted octanol–water partition coefficient (Wildman–Crippen LogP) is 2.63. The lowest BCUT2D eigenvalue weighted by Crippen LogP contribution is -2.60. The van der Waals surface area contributed by atoms with Crippen molar-refractivity contribution >= 4 is 11.8 Å². The molecule has 138 valence electrons. The van der Waals surface area contributed by atoms with Gasteiger partial charge in [-0.15, -0.1) is 0 Å². The van der Waals surface area contributed by atoms with Crippen LogP contribution in [0, 0.1) is 5.41 Å². The molecule has 2 saturated carbocycles. The van der Waals surface area contributed by atoms with Crippen LogP contribution >= 0.6 is 0 Å². The number of hydrogen-bond donors (Lipinski definition) is 3. The summed E-state index contributed by atoms with van der Waals surface area (Å²) in [5, 5.41) is 6.14. The van der Waals surface area contributed by atoms with Crippen LogP contribution in [0.2, 0.25) is 0 Å². The van der Waals surface area contributed by atoms with Gasteiger partial charge in [-0.1, -0.05) is 45.4 Å². The van der Waals surface area contributed by atoms with Gasteiger partial charge < -0.3 is 16.4 Å². The fraction of sp³-hybridized carbons (Fsp3) is 0.895. The lowest BCUT2D eigenvalue weighted by Gasteiger charge is -2.39. The molecule has 0 aromatic rings. The summed E-state index contributed by atoms with van der Waals surface area (Å²) >= 11 is 0. The van der Waals surface area contributed by atoms with Gasteiger partial charge in [0.05, 0.1) is 0 Å². The maximum Gasteiger partial charge on any atom is 0.245 e. The zero-order valence-corrected chi connectivity index (χ0v) is 15.3. The summed E-state index contributed by atoms with van der Waals surface area (Å²) in [6.45, 7) is 3.28. The predicted molar refractivity (Wildman–Crippen MR) is 96.4 cm³/mol. The van der Waals surface area contributed by atoms with Crippen molar-refractivity contribution in [2.45, 2.75) is 89.5 Å². The SMILES string of the molecule is CCCNC(=O)C1(NC(=O)CC2(CN)CCCCC2)CCCCC1. The van der Waals surface area contributed by atoms with Gasteiger partial charge in [-0.3, -0.25) is 9.59 Å². The largest absolute Gasteiger partial charge is 0.354 e. The second kappa shape index (κ2) is 8.84.